The predicted octanol–water partition coefficient (Wildman–Crippen LogP) is 2.04. The number of phenolic OH excluding ortho intramolecular Hbond substituents is 1. The zero-order valence-corrected chi connectivity index (χ0v) is 16.5. The van der Waals surface area contributed by atoms with E-state index in [1.807, 2.05) is 6.92 Å². The van der Waals surface area contributed by atoms with Crippen LogP contribution in [0, 0.1) is 5.92 Å². The molecule has 2 N–H and O–H groups in total. The van der Waals surface area contributed by atoms with E-state index in [4.69, 9.17) is 9.15 Å². The fraction of sp³-hybridized carbons (Fsp3) is 0.429. The van der Waals surface area contributed by atoms with Gasteiger partial charge in [0.25, 0.3) is 5.91 Å². The van der Waals surface area contributed by atoms with Crippen molar-refractivity contribution in [2.45, 2.75) is 44.8 Å². The number of nitrogens with one attached hydrogen (secondary N) is 1. The van der Waals surface area contributed by atoms with Crippen LogP contribution in [-0.4, -0.2) is 40.0 Å². The van der Waals surface area contributed by atoms with Crippen molar-refractivity contribution in [1.82, 2.24) is 10.2 Å². The van der Waals surface area contributed by atoms with E-state index in [2.05, 4.69) is 5.32 Å². The van der Waals surface area contributed by atoms with E-state index in [9.17, 15) is 24.3 Å². The zero-order valence-electron chi connectivity index (χ0n) is 16.5. The molecule has 30 heavy (non-hydrogen) atoms. The van der Waals surface area contributed by atoms with Crippen molar-refractivity contribution in [2.24, 2.45) is 5.92 Å². The molecule has 2 heterocycles. The summed E-state index contributed by atoms with van der Waals surface area (Å²) in [5.41, 5.74) is -1.03. The van der Waals surface area contributed by atoms with Gasteiger partial charge in [-0.1, -0.05) is 19.8 Å². The Labute approximate surface area is 171 Å². The highest BCUT2D eigenvalue weighted by atomic mass is 16.5. The highest BCUT2D eigenvalue weighted by Gasteiger charge is 2.55. The predicted molar refractivity (Wildman–Crippen MR) is 105 cm³/mol. The van der Waals surface area contributed by atoms with Crippen LogP contribution in [0.15, 0.2) is 33.5 Å². The van der Waals surface area contributed by atoms with Gasteiger partial charge in [-0.15, -0.1) is 0 Å². The third-order valence-electron chi connectivity index (χ3n) is 5.99. The van der Waals surface area contributed by atoms with Gasteiger partial charge in [0.15, 0.2) is 0 Å². The second-order valence-electron chi connectivity index (χ2n) is 7.87. The molecule has 158 valence electrons. The molecular formula is C21H22N2O7. The van der Waals surface area contributed by atoms with Gasteiger partial charge in [-0.3, -0.25) is 14.5 Å². The van der Waals surface area contributed by atoms with Gasteiger partial charge in [-0.25, -0.2) is 9.59 Å². The van der Waals surface area contributed by atoms with Crippen molar-refractivity contribution in [2.75, 3.05) is 6.54 Å². The van der Waals surface area contributed by atoms with Gasteiger partial charge in [0.2, 0.25) is 0 Å². The number of nitrogens with zero attached hydrogens (tertiary/aromatic N) is 1. The average molecular weight is 414 g/mol. The van der Waals surface area contributed by atoms with E-state index >= 15 is 0 Å². The summed E-state index contributed by atoms with van der Waals surface area (Å²) in [7, 11) is 0. The maximum absolute atomic E-state index is 12.9. The molecule has 4 rings (SSSR count). The van der Waals surface area contributed by atoms with E-state index in [1.54, 1.807) is 6.07 Å². The molecule has 0 unspecified atom stereocenters. The van der Waals surface area contributed by atoms with Gasteiger partial charge in [0.1, 0.15) is 30.0 Å². The molecule has 1 aromatic carbocycles. The number of esters is 1. The number of carbonyl (C=O) groups excluding carboxylic acids is 3. The number of amides is 3. The third-order valence-corrected chi connectivity index (χ3v) is 5.99. The first-order chi connectivity index (χ1) is 14.3. The molecule has 1 aromatic heterocycles. The standard InChI is InChI=1S/C21H22N2O7/c1-12-4-2-3-7-21(12)19(27)23(20(28)22-21)10-18(26)29-11-13-8-17(25)30-16-9-14(24)5-6-15(13)16/h5-6,8-9,12,24H,2-4,7,10-11H2,1H3,(H,22,28)/t12-,21-/m0/s1. The molecule has 1 saturated carbocycles. The molecule has 1 aliphatic carbocycles. The number of phenols is 1. The van der Waals surface area contributed by atoms with Crippen LogP contribution in [0.25, 0.3) is 11.0 Å². The Balaban J connectivity index is 1.46. The van der Waals surface area contributed by atoms with E-state index in [0.717, 1.165) is 24.2 Å². The van der Waals surface area contributed by atoms with Crippen molar-refractivity contribution in [1.29, 1.82) is 0 Å². The van der Waals surface area contributed by atoms with Gasteiger partial charge in [-0.05, 0) is 30.9 Å². The lowest BCUT2D eigenvalue weighted by atomic mass is 9.73. The summed E-state index contributed by atoms with van der Waals surface area (Å²) in [4.78, 5) is 50.3. The maximum Gasteiger partial charge on any atom is 0.336 e. The van der Waals surface area contributed by atoms with Crippen LogP contribution >= 0.6 is 0 Å². The van der Waals surface area contributed by atoms with Crippen molar-refractivity contribution < 1.29 is 28.6 Å². The molecule has 2 aromatic rings. The van der Waals surface area contributed by atoms with E-state index in [0.29, 0.717) is 17.4 Å². The Morgan fingerprint density at radius 1 is 1.30 bits per heavy atom. The molecule has 2 atom stereocenters. The first-order valence-electron chi connectivity index (χ1n) is 9.85. The van der Waals surface area contributed by atoms with Crippen molar-refractivity contribution in [3.63, 3.8) is 0 Å². The molecule has 1 saturated heterocycles. The number of ether oxygens (including phenoxy) is 1. The summed E-state index contributed by atoms with van der Waals surface area (Å²) in [5.74, 6) is -1.23. The summed E-state index contributed by atoms with van der Waals surface area (Å²) < 4.78 is 10.3. The summed E-state index contributed by atoms with van der Waals surface area (Å²) in [6, 6.07) is 4.86. The number of fused-ring (bicyclic) bond motifs is 1. The van der Waals surface area contributed by atoms with Crippen LogP contribution in [0.3, 0.4) is 0 Å². The normalized spacial score (nSPS) is 23.8. The largest absolute Gasteiger partial charge is 0.508 e. The molecular weight excluding hydrogens is 392 g/mol. The lowest BCUT2D eigenvalue weighted by Crippen LogP contribution is -2.54. The van der Waals surface area contributed by atoms with Gasteiger partial charge in [0.05, 0.1) is 0 Å². The second-order valence-corrected chi connectivity index (χ2v) is 7.87. The highest BCUT2D eigenvalue weighted by Crippen LogP contribution is 2.38. The minimum atomic E-state index is -0.938. The molecule has 0 bridgehead atoms. The second kappa shape index (κ2) is 7.47. The number of carbonyl (C=O) groups is 3. The minimum absolute atomic E-state index is 0.00459. The fourth-order valence-electron chi connectivity index (χ4n) is 4.31. The van der Waals surface area contributed by atoms with Crippen LogP contribution in [0.5, 0.6) is 5.75 Å². The Morgan fingerprint density at radius 3 is 2.87 bits per heavy atom. The number of imide groups is 1. The Morgan fingerprint density at radius 2 is 2.10 bits per heavy atom. The Bertz CT molecular complexity index is 1090. The molecule has 1 spiro atoms. The monoisotopic (exact) mass is 414 g/mol. The molecule has 0 radical (unpaired) electrons. The number of hydrogen-bond acceptors (Lipinski definition) is 7. The molecule has 9 nitrogen and oxygen atoms in total. The Hall–Kier alpha value is -3.36. The van der Waals surface area contributed by atoms with Gasteiger partial charge < -0.3 is 19.6 Å². The first kappa shape index (κ1) is 19.9. The quantitative estimate of drug-likeness (QED) is 0.445. The van der Waals surface area contributed by atoms with Crippen LogP contribution in [0.1, 0.15) is 38.2 Å². The van der Waals surface area contributed by atoms with Gasteiger partial charge >= 0.3 is 17.6 Å². The van der Waals surface area contributed by atoms with Crippen molar-refractivity contribution in [3.8, 4) is 5.75 Å². The molecule has 9 heteroatoms. The maximum atomic E-state index is 12.9. The summed E-state index contributed by atoms with van der Waals surface area (Å²) in [5, 5.41) is 12.8. The van der Waals surface area contributed by atoms with E-state index < -0.39 is 35.6 Å². The highest BCUT2D eigenvalue weighted by molar-refractivity contribution is 6.09. The number of benzene rings is 1. The summed E-state index contributed by atoms with van der Waals surface area (Å²) in [6.07, 6.45) is 3.24. The van der Waals surface area contributed by atoms with Crippen molar-refractivity contribution >= 4 is 28.9 Å². The van der Waals surface area contributed by atoms with Crippen LogP contribution in [-0.2, 0) is 20.9 Å². The van der Waals surface area contributed by atoms with Crippen LogP contribution < -0.4 is 10.9 Å². The number of urea groups is 1. The first-order valence-corrected chi connectivity index (χ1v) is 9.85. The smallest absolute Gasteiger partial charge is 0.336 e. The minimum Gasteiger partial charge on any atom is -0.508 e. The topological polar surface area (TPSA) is 126 Å². The molecule has 1 aliphatic heterocycles. The number of aromatic hydroxyl groups is 1. The lowest BCUT2D eigenvalue weighted by Gasteiger charge is -2.36. The van der Waals surface area contributed by atoms with Crippen molar-refractivity contribution in [3.05, 3.63) is 40.2 Å². The number of hydrogen-bond donors (Lipinski definition) is 2. The van der Waals surface area contributed by atoms with Crippen LogP contribution in [0.2, 0.25) is 0 Å². The lowest BCUT2D eigenvalue weighted by molar-refractivity contribution is -0.149. The van der Waals surface area contributed by atoms with Gasteiger partial charge in [-0.2, -0.15) is 0 Å². The third kappa shape index (κ3) is 3.40. The molecule has 2 aliphatic rings. The van der Waals surface area contributed by atoms with Crippen LogP contribution in [0.4, 0.5) is 4.79 Å². The fourth-order valence-corrected chi connectivity index (χ4v) is 4.31. The van der Waals surface area contributed by atoms with Gasteiger partial charge in [0, 0.05) is 23.1 Å². The van der Waals surface area contributed by atoms with E-state index in [1.165, 1.54) is 18.2 Å². The SMILES string of the molecule is C[C@H]1CCCC[C@]12NC(=O)N(CC(=O)OCc1cc(=O)oc3cc(O)ccc13)C2=O. The number of rotatable bonds is 4. The molecule has 3 amide bonds. The van der Waals surface area contributed by atoms with E-state index in [-0.39, 0.29) is 23.9 Å². The summed E-state index contributed by atoms with van der Waals surface area (Å²) in [6.45, 7) is 1.19. The average Bonchev–Trinajstić information content (AvgIpc) is 2.93. The molecule has 2 fully saturated rings. The summed E-state index contributed by atoms with van der Waals surface area (Å²) >= 11 is 0. The Kier molecular flexibility index (Phi) is 4.97. The zero-order chi connectivity index (χ0) is 21.5.